The molecule has 1 amide bonds. The van der Waals surface area contributed by atoms with Gasteiger partial charge >= 0.3 is 6.16 Å². The fraction of sp³-hybridized carbons (Fsp3) is 0.130. The number of fused-ring (bicyclic) bond motifs is 1. The van der Waals surface area contributed by atoms with Gasteiger partial charge in [-0.1, -0.05) is 18.2 Å². The average Bonchev–Trinajstić information content (AvgIpc) is 3.11. The highest BCUT2D eigenvalue weighted by molar-refractivity contribution is 6.05. The fourth-order valence-corrected chi connectivity index (χ4v) is 3.08. The van der Waals surface area contributed by atoms with E-state index in [-0.39, 0.29) is 12.5 Å². The van der Waals surface area contributed by atoms with Crippen molar-refractivity contribution in [3.8, 4) is 11.4 Å². The molecule has 0 aliphatic rings. The van der Waals surface area contributed by atoms with Gasteiger partial charge in [-0.15, -0.1) is 0 Å². The van der Waals surface area contributed by atoms with Crippen molar-refractivity contribution in [1.82, 2.24) is 14.8 Å². The van der Waals surface area contributed by atoms with Crippen molar-refractivity contribution in [2.75, 3.05) is 11.9 Å². The molecular weight excluding hydrogens is 396 g/mol. The minimum absolute atomic E-state index is 0.224. The Morgan fingerprint density at radius 1 is 1.06 bits per heavy atom. The van der Waals surface area contributed by atoms with Crippen molar-refractivity contribution in [1.29, 1.82) is 0 Å². The normalized spacial score (nSPS) is 10.6. The van der Waals surface area contributed by atoms with Gasteiger partial charge in [0.15, 0.2) is 5.65 Å². The topological polar surface area (TPSA) is 95.3 Å². The number of amides is 1. The van der Waals surface area contributed by atoms with Gasteiger partial charge in [-0.25, -0.2) is 14.5 Å². The van der Waals surface area contributed by atoms with Gasteiger partial charge in [-0.3, -0.25) is 4.79 Å². The second-order valence-corrected chi connectivity index (χ2v) is 6.69. The van der Waals surface area contributed by atoms with Crippen LogP contribution in [0.2, 0.25) is 0 Å². The highest BCUT2D eigenvalue weighted by atomic mass is 16.7. The summed E-state index contributed by atoms with van der Waals surface area (Å²) in [6.45, 7) is 3.81. The standard InChI is InChI=1S/C23H20N4O4/c1-3-30-23(29)31-19-11-9-16(10-12-19)22(28)25-17-13-20-15(2)26-27(21(20)24-14-17)18-7-5-4-6-8-18/h4-14H,3H2,1-2H3,(H,25,28). The molecule has 2 aromatic heterocycles. The number of pyridine rings is 1. The maximum Gasteiger partial charge on any atom is 0.513 e. The minimum Gasteiger partial charge on any atom is -0.434 e. The number of rotatable bonds is 5. The van der Waals surface area contributed by atoms with Crippen LogP contribution in [0, 0.1) is 6.92 Å². The van der Waals surface area contributed by atoms with E-state index < -0.39 is 6.16 Å². The van der Waals surface area contributed by atoms with Crippen molar-refractivity contribution in [3.05, 3.63) is 78.1 Å². The Labute approximate surface area is 178 Å². The van der Waals surface area contributed by atoms with Crippen LogP contribution in [0.5, 0.6) is 5.75 Å². The fourth-order valence-electron chi connectivity index (χ4n) is 3.08. The number of para-hydroxylation sites is 1. The quantitative estimate of drug-likeness (QED) is 0.380. The van der Waals surface area contributed by atoms with Crippen LogP contribution in [0.25, 0.3) is 16.7 Å². The van der Waals surface area contributed by atoms with Gasteiger partial charge in [-0.05, 0) is 56.3 Å². The van der Waals surface area contributed by atoms with Crippen LogP contribution in [0.3, 0.4) is 0 Å². The monoisotopic (exact) mass is 416 g/mol. The molecule has 0 atom stereocenters. The Bertz CT molecular complexity index is 1230. The van der Waals surface area contributed by atoms with Crippen molar-refractivity contribution in [2.45, 2.75) is 13.8 Å². The first-order valence-corrected chi connectivity index (χ1v) is 9.72. The highest BCUT2D eigenvalue weighted by Crippen LogP contribution is 2.23. The first kappa shape index (κ1) is 20.1. The predicted molar refractivity (Wildman–Crippen MR) is 116 cm³/mol. The molecule has 1 N–H and O–H groups in total. The molecule has 0 aliphatic carbocycles. The van der Waals surface area contributed by atoms with E-state index in [0.717, 1.165) is 16.8 Å². The lowest BCUT2D eigenvalue weighted by atomic mass is 10.2. The predicted octanol–water partition coefficient (Wildman–Crippen LogP) is 4.52. The molecule has 0 spiro atoms. The van der Waals surface area contributed by atoms with E-state index in [1.54, 1.807) is 29.9 Å². The number of benzene rings is 2. The molecule has 0 aliphatic heterocycles. The van der Waals surface area contributed by atoms with Gasteiger partial charge in [0.1, 0.15) is 5.75 Å². The summed E-state index contributed by atoms with van der Waals surface area (Å²) in [6.07, 6.45) is 0.810. The van der Waals surface area contributed by atoms with Gasteiger partial charge in [0.25, 0.3) is 5.91 Å². The zero-order valence-corrected chi connectivity index (χ0v) is 17.0. The summed E-state index contributed by atoms with van der Waals surface area (Å²) < 4.78 is 11.5. The van der Waals surface area contributed by atoms with Crippen molar-refractivity contribution < 1.29 is 19.1 Å². The Morgan fingerprint density at radius 3 is 2.52 bits per heavy atom. The van der Waals surface area contributed by atoms with Gasteiger partial charge in [0.05, 0.1) is 29.9 Å². The van der Waals surface area contributed by atoms with E-state index in [4.69, 9.17) is 9.47 Å². The zero-order valence-electron chi connectivity index (χ0n) is 17.0. The molecule has 4 aromatic rings. The second kappa shape index (κ2) is 8.66. The molecule has 0 bridgehead atoms. The number of aryl methyl sites for hydroxylation is 1. The summed E-state index contributed by atoms with van der Waals surface area (Å²) in [6, 6.07) is 17.8. The van der Waals surface area contributed by atoms with E-state index in [2.05, 4.69) is 15.4 Å². The number of nitrogens with one attached hydrogen (secondary N) is 1. The third-order valence-electron chi connectivity index (χ3n) is 4.55. The van der Waals surface area contributed by atoms with Crippen LogP contribution in [0.4, 0.5) is 10.5 Å². The molecule has 4 rings (SSSR count). The Hall–Kier alpha value is -4.20. The Kier molecular flexibility index (Phi) is 5.61. The van der Waals surface area contributed by atoms with E-state index in [1.165, 1.54) is 12.1 Å². The summed E-state index contributed by atoms with van der Waals surface area (Å²) in [7, 11) is 0. The van der Waals surface area contributed by atoms with Crippen LogP contribution in [0.1, 0.15) is 23.0 Å². The lowest BCUT2D eigenvalue weighted by Crippen LogP contribution is -2.13. The molecule has 0 radical (unpaired) electrons. The van der Waals surface area contributed by atoms with Crippen molar-refractivity contribution in [2.24, 2.45) is 0 Å². The van der Waals surface area contributed by atoms with E-state index in [1.807, 2.05) is 43.3 Å². The minimum atomic E-state index is -0.787. The van der Waals surface area contributed by atoms with Crippen molar-refractivity contribution in [3.63, 3.8) is 0 Å². The molecule has 2 heterocycles. The van der Waals surface area contributed by atoms with E-state index in [0.29, 0.717) is 22.6 Å². The number of hydrogen-bond acceptors (Lipinski definition) is 6. The molecule has 0 saturated carbocycles. The third kappa shape index (κ3) is 4.37. The maximum absolute atomic E-state index is 12.6. The van der Waals surface area contributed by atoms with Crippen molar-refractivity contribution >= 4 is 28.8 Å². The van der Waals surface area contributed by atoms with Gasteiger partial charge in [0.2, 0.25) is 0 Å². The van der Waals surface area contributed by atoms with Gasteiger partial charge in [0, 0.05) is 10.9 Å². The number of aromatic nitrogens is 3. The van der Waals surface area contributed by atoms with E-state index >= 15 is 0 Å². The molecule has 0 saturated heterocycles. The number of anilines is 1. The van der Waals surface area contributed by atoms with Gasteiger partial charge < -0.3 is 14.8 Å². The molecule has 2 aromatic carbocycles. The summed E-state index contributed by atoms with van der Waals surface area (Å²) in [4.78, 5) is 28.5. The van der Waals surface area contributed by atoms with E-state index in [9.17, 15) is 9.59 Å². The lowest BCUT2D eigenvalue weighted by molar-refractivity contribution is 0.102. The summed E-state index contributed by atoms with van der Waals surface area (Å²) >= 11 is 0. The molecule has 8 heteroatoms. The third-order valence-corrected chi connectivity index (χ3v) is 4.55. The first-order chi connectivity index (χ1) is 15.0. The zero-order chi connectivity index (χ0) is 21.8. The molecule has 0 unspecified atom stereocenters. The smallest absolute Gasteiger partial charge is 0.434 e. The Balaban J connectivity index is 1.51. The Morgan fingerprint density at radius 2 is 1.81 bits per heavy atom. The number of hydrogen-bond donors (Lipinski definition) is 1. The number of ether oxygens (including phenoxy) is 2. The largest absolute Gasteiger partial charge is 0.513 e. The molecule has 8 nitrogen and oxygen atoms in total. The number of nitrogens with zero attached hydrogens (tertiary/aromatic N) is 3. The molecular formula is C23H20N4O4. The molecule has 31 heavy (non-hydrogen) atoms. The van der Waals surface area contributed by atoms with Crippen LogP contribution in [-0.2, 0) is 4.74 Å². The highest BCUT2D eigenvalue weighted by Gasteiger charge is 2.13. The number of carbonyl (C=O) groups excluding carboxylic acids is 2. The SMILES string of the molecule is CCOC(=O)Oc1ccc(C(=O)Nc2cnc3c(c2)c(C)nn3-c2ccccc2)cc1. The average molecular weight is 416 g/mol. The van der Waals surface area contributed by atoms with Crippen LogP contribution < -0.4 is 10.1 Å². The van der Waals surface area contributed by atoms with Crippen LogP contribution in [-0.4, -0.2) is 33.4 Å². The summed E-state index contributed by atoms with van der Waals surface area (Å²) in [5.41, 5.74) is 3.40. The van der Waals surface area contributed by atoms with Crippen LogP contribution >= 0.6 is 0 Å². The number of carbonyl (C=O) groups is 2. The molecule has 156 valence electrons. The second-order valence-electron chi connectivity index (χ2n) is 6.69. The first-order valence-electron chi connectivity index (χ1n) is 9.72. The van der Waals surface area contributed by atoms with Gasteiger partial charge in [-0.2, -0.15) is 5.10 Å². The molecule has 0 fully saturated rings. The maximum atomic E-state index is 12.6. The summed E-state index contributed by atoms with van der Waals surface area (Å²) in [5, 5.41) is 8.26. The lowest BCUT2D eigenvalue weighted by Gasteiger charge is -2.07. The van der Waals surface area contributed by atoms with Crippen LogP contribution in [0.15, 0.2) is 66.9 Å². The summed E-state index contributed by atoms with van der Waals surface area (Å²) in [5.74, 6) is -0.0148.